The molecule has 0 spiro atoms. The Hall–Kier alpha value is -1.73. The topological polar surface area (TPSA) is 75.4 Å². The SMILES string of the molecule is CCN(CC(=O)Nc1c(F)cccc1F)C(=O)C[C@@H]1CCC[C@H]1N.Cl. The van der Waals surface area contributed by atoms with E-state index in [2.05, 4.69) is 5.32 Å². The van der Waals surface area contributed by atoms with Crippen molar-refractivity contribution >= 4 is 29.9 Å². The number of carbonyl (C=O) groups excluding carboxylic acids is 2. The highest BCUT2D eigenvalue weighted by Gasteiger charge is 2.28. The van der Waals surface area contributed by atoms with Gasteiger partial charge in [-0.2, -0.15) is 0 Å². The molecule has 1 fully saturated rings. The molecule has 1 aromatic carbocycles. The molecule has 0 heterocycles. The predicted molar refractivity (Wildman–Crippen MR) is 94.4 cm³/mol. The number of anilines is 1. The van der Waals surface area contributed by atoms with Gasteiger partial charge in [0.05, 0.1) is 6.54 Å². The second-order valence-corrected chi connectivity index (χ2v) is 6.11. The second kappa shape index (κ2) is 9.68. The number of carbonyl (C=O) groups is 2. The number of para-hydroxylation sites is 1. The molecule has 0 saturated heterocycles. The van der Waals surface area contributed by atoms with E-state index in [9.17, 15) is 18.4 Å². The lowest BCUT2D eigenvalue weighted by molar-refractivity contribution is -0.135. The molecule has 2 atom stereocenters. The zero-order valence-corrected chi connectivity index (χ0v) is 15.0. The Morgan fingerprint density at radius 2 is 1.92 bits per heavy atom. The maximum absolute atomic E-state index is 13.6. The Labute approximate surface area is 152 Å². The first kappa shape index (κ1) is 21.3. The van der Waals surface area contributed by atoms with E-state index in [0.29, 0.717) is 13.0 Å². The molecule has 140 valence electrons. The summed E-state index contributed by atoms with van der Waals surface area (Å²) in [5.74, 6) is -2.36. The molecule has 8 heteroatoms. The maximum atomic E-state index is 13.6. The zero-order chi connectivity index (χ0) is 17.7. The third-order valence-electron chi connectivity index (χ3n) is 4.45. The molecule has 25 heavy (non-hydrogen) atoms. The number of hydrogen-bond donors (Lipinski definition) is 2. The largest absolute Gasteiger partial charge is 0.334 e. The Balaban J connectivity index is 0.00000312. The molecule has 1 aromatic rings. The fraction of sp³-hybridized carbons (Fsp3) is 0.529. The summed E-state index contributed by atoms with van der Waals surface area (Å²) >= 11 is 0. The summed E-state index contributed by atoms with van der Waals surface area (Å²) in [4.78, 5) is 25.7. The molecule has 1 aliphatic rings. The molecule has 0 aliphatic heterocycles. The molecule has 1 saturated carbocycles. The van der Waals surface area contributed by atoms with Crippen molar-refractivity contribution in [1.29, 1.82) is 0 Å². The molecule has 0 radical (unpaired) electrons. The van der Waals surface area contributed by atoms with Crippen molar-refractivity contribution in [3.63, 3.8) is 0 Å². The third-order valence-corrected chi connectivity index (χ3v) is 4.45. The molecule has 5 nitrogen and oxygen atoms in total. The van der Waals surface area contributed by atoms with Gasteiger partial charge in [-0.15, -0.1) is 12.4 Å². The summed E-state index contributed by atoms with van der Waals surface area (Å²) in [7, 11) is 0. The number of nitrogens with one attached hydrogen (secondary N) is 1. The van der Waals surface area contributed by atoms with Crippen LogP contribution in [0.2, 0.25) is 0 Å². The van der Waals surface area contributed by atoms with Gasteiger partial charge in [0.1, 0.15) is 17.3 Å². The van der Waals surface area contributed by atoms with E-state index in [1.807, 2.05) is 0 Å². The van der Waals surface area contributed by atoms with Crippen molar-refractivity contribution < 1.29 is 18.4 Å². The van der Waals surface area contributed by atoms with E-state index < -0.39 is 23.2 Å². The van der Waals surface area contributed by atoms with Gasteiger partial charge >= 0.3 is 0 Å². The van der Waals surface area contributed by atoms with E-state index in [1.54, 1.807) is 6.92 Å². The van der Waals surface area contributed by atoms with Gasteiger partial charge in [0, 0.05) is 19.0 Å². The minimum absolute atomic E-state index is 0. The van der Waals surface area contributed by atoms with Crippen LogP contribution in [0, 0.1) is 17.6 Å². The van der Waals surface area contributed by atoms with Gasteiger partial charge in [-0.3, -0.25) is 9.59 Å². The monoisotopic (exact) mass is 375 g/mol. The average Bonchev–Trinajstić information content (AvgIpc) is 2.93. The Kier molecular flexibility index (Phi) is 8.25. The second-order valence-electron chi connectivity index (χ2n) is 6.11. The Morgan fingerprint density at radius 3 is 2.44 bits per heavy atom. The number of likely N-dealkylation sites (N-methyl/N-ethyl adjacent to an activating group) is 1. The van der Waals surface area contributed by atoms with Crippen molar-refractivity contribution in [2.24, 2.45) is 11.7 Å². The van der Waals surface area contributed by atoms with E-state index in [0.717, 1.165) is 31.4 Å². The van der Waals surface area contributed by atoms with Gasteiger partial charge < -0.3 is 16.0 Å². The van der Waals surface area contributed by atoms with Crippen LogP contribution in [0.4, 0.5) is 14.5 Å². The van der Waals surface area contributed by atoms with Crippen molar-refractivity contribution in [3.8, 4) is 0 Å². The first-order valence-corrected chi connectivity index (χ1v) is 8.19. The van der Waals surface area contributed by atoms with Gasteiger partial charge in [0.2, 0.25) is 11.8 Å². The van der Waals surface area contributed by atoms with Crippen LogP contribution in [0.5, 0.6) is 0 Å². The van der Waals surface area contributed by atoms with Crippen molar-refractivity contribution in [1.82, 2.24) is 4.90 Å². The average molecular weight is 376 g/mol. The van der Waals surface area contributed by atoms with Crippen LogP contribution in [0.3, 0.4) is 0 Å². The van der Waals surface area contributed by atoms with Crippen LogP contribution < -0.4 is 11.1 Å². The molecule has 3 N–H and O–H groups in total. The van der Waals surface area contributed by atoms with E-state index >= 15 is 0 Å². The number of nitrogens with two attached hydrogens (primary N) is 1. The summed E-state index contributed by atoms with van der Waals surface area (Å²) < 4.78 is 27.1. The minimum Gasteiger partial charge on any atom is -0.334 e. The minimum atomic E-state index is -0.852. The van der Waals surface area contributed by atoms with Gasteiger partial charge in [0.25, 0.3) is 0 Å². The first-order chi connectivity index (χ1) is 11.4. The summed E-state index contributed by atoms with van der Waals surface area (Å²) in [6, 6.07) is 3.35. The quantitative estimate of drug-likeness (QED) is 0.802. The zero-order valence-electron chi connectivity index (χ0n) is 14.1. The number of amides is 2. The van der Waals surface area contributed by atoms with Gasteiger partial charge in [-0.25, -0.2) is 8.78 Å². The van der Waals surface area contributed by atoms with Gasteiger partial charge in [-0.1, -0.05) is 12.5 Å². The highest BCUT2D eigenvalue weighted by atomic mass is 35.5. The number of benzene rings is 1. The van der Waals surface area contributed by atoms with Crippen molar-refractivity contribution in [3.05, 3.63) is 29.8 Å². The molecule has 2 amide bonds. The Morgan fingerprint density at radius 1 is 1.28 bits per heavy atom. The standard InChI is InChI=1S/C17H23F2N3O2.ClH/c1-2-22(16(24)9-11-5-3-8-14(11)20)10-15(23)21-17-12(18)6-4-7-13(17)19;/h4,6-7,11,14H,2-3,5,8-10,20H2,1H3,(H,21,23);1H/t11-,14+;/m0./s1. The lowest BCUT2D eigenvalue weighted by atomic mass is 9.99. The van der Waals surface area contributed by atoms with Gasteiger partial charge in [-0.05, 0) is 37.8 Å². The maximum Gasteiger partial charge on any atom is 0.244 e. The predicted octanol–water partition coefficient (Wildman–Crippen LogP) is 2.69. The van der Waals surface area contributed by atoms with Gasteiger partial charge in [0.15, 0.2) is 0 Å². The molecule has 1 aliphatic carbocycles. The lowest BCUT2D eigenvalue weighted by Crippen LogP contribution is -2.40. The molecule has 0 bridgehead atoms. The number of rotatable bonds is 6. The number of halogens is 3. The lowest BCUT2D eigenvalue weighted by Gasteiger charge is -2.23. The van der Waals surface area contributed by atoms with Crippen LogP contribution in [0.25, 0.3) is 0 Å². The summed E-state index contributed by atoms with van der Waals surface area (Å²) in [6.07, 6.45) is 3.14. The fourth-order valence-electron chi connectivity index (χ4n) is 3.02. The summed E-state index contributed by atoms with van der Waals surface area (Å²) in [6.45, 7) is 1.85. The molecular weight excluding hydrogens is 352 g/mol. The molecule has 0 unspecified atom stereocenters. The highest BCUT2D eigenvalue weighted by molar-refractivity contribution is 5.94. The summed E-state index contributed by atoms with van der Waals surface area (Å²) in [5.41, 5.74) is 5.48. The number of nitrogens with zero attached hydrogens (tertiary/aromatic N) is 1. The summed E-state index contributed by atoms with van der Waals surface area (Å²) in [5, 5.41) is 2.19. The highest BCUT2D eigenvalue weighted by Crippen LogP contribution is 2.27. The van der Waals surface area contributed by atoms with Crippen LogP contribution in [-0.4, -0.2) is 35.8 Å². The Bertz CT molecular complexity index is 595. The van der Waals surface area contributed by atoms with E-state index in [4.69, 9.17) is 5.73 Å². The van der Waals surface area contributed by atoms with Crippen LogP contribution in [0.1, 0.15) is 32.6 Å². The molecule has 0 aromatic heterocycles. The van der Waals surface area contributed by atoms with Crippen LogP contribution >= 0.6 is 12.4 Å². The van der Waals surface area contributed by atoms with E-state index in [1.165, 1.54) is 11.0 Å². The third kappa shape index (κ3) is 5.64. The molecule has 2 rings (SSSR count). The first-order valence-electron chi connectivity index (χ1n) is 8.19. The van der Waals surface area contributed by atoms with Crippen molar-refractivity contribution in [2.45, 2.75) is 38.6 Å². The van der Waals surface area contributed by atoms with Crippen LogP contribution in [-0.2, 0) is 9.59 Å². The smallest absolute Gasteiger partial charge is 0.244 e. The normalized spacial score (nSPS) is 19.2. The van der Waals surface area contributed by atoms with Crippen molar-refractivity contribution in [2.75, 3.05) is 18.4 Å². The van der Waals surface area contributed by atoms with E-state index in [-0.39, 0.29) is 36.8 Å². The number of hydrogen-bond acceptors (Lipinski definition) is 3. The fourth-order valence-corrected chi connectivity index (χ4v) is 3.02. The van der Waals surface area contributed by atoms with Crippen LogP contribution in [0.15, 0.2) is 18.2 Å². The molecular formula is C17H24ClF2N3O2.